The molecule has 0 bridgehead atoms. The third kappa shape index (κ3) is 3.67. The second-order valence-corrected chi connectivity index (χ2v) is 9.40. The topological polar surface area (TPSA) is 138 Å². The molecule has 11 nitrogen and oxygen atoms in total. The zero-order chi connectivity index (χ0) is 22.3. The van der Waals surface area contributed by atoms with Crippen molar-refractivity contribution >= 4 is 15.7 Å². The molecule has 1 saturated heterocycles. The van der Waals surface area contributed by atoms with E-state index in [-0.39, 0.29) is 29.8 Å². The molecule has 166 valence electrons. The molecule has 2 aliphatic heterocycles. The number of fused-ring (bicyclic) bond motifs is 1. The van der Waals surface area contributed by atoms with E-state index in [1.54, 1.807) is 18.2 Å². The maximum absolute atomic E-state index is 13.0. The first-order chi connectivity index (χ1) is 15.4. The second-order valence-electron chi connectivity index (χ2n) is 7.47. The van der Waals surface area contributed by atoms with Crippen LogP contribution in [0.15, 0.2) is 51.8 Å². The Morgan fingerprint density at radius 1 is 1.06 bits per heavy atom. The van der Waals surface area contributed by atoms with Crippen LogP contribution in [0.2, 0.25) is 0 Å². The summed E-state index contributed by atoms with van der Waals surface area (Å²) in [5.41, 5.74) is 0.515. The molecule has 1 atom stereocenters. The largest absolute Gasteiger partial charge is 0.454 e. The predicted molar refractivity (Wildman–Crippen MR) is 110 cm³/mol. The minimum Gasteiger partial charge on any atom is -0.454 e. The molecule has 0 N–H and O–H groups in total. The number of nitrogens with zero attached hydrogens (tertiary/aromatic N) is 4. The van der Waals surface area contributed by atoms with Crippen molar-refractivity contribution in [3.63, 3.8) is 0 Å². The lowest BCUT2D eigenvalue weighted by Crippen LogP contribution is -2.39. The molecule has 3 heterocycles. The van der Waals surface area contributed by atoms with Crippen LogP contribution < -0.4 is 9.47 Å². The van der Waals surface area contributed by atoms with E-state index < -0.39 is 14.9 Å². The normalized spacial score (nSPS) is 18.6. The molecule has 1 unspecified atom stereocenters. The maximum atomic E-state index is 13.0. The van der Waals surface area contributed by atoms with Crippen LogP contribution in [0.1, 0.15) is 24.7 Å². The first-order valence-corrected chi connectivity index (χ1v) is 11.3. The minimum absolute atomic E-state index is 0.00956. The van der Waals surface area contributed by atoms with Crippen molar-refractivity contribution in [2.75, 3.05) is 19.9 Å². The summed E-state index contributed by atoms with van der Waals surface area (Å²) in [6, 6.07) is 10.2. The van der Waals surface area contributed by atoms with Gasteiger partial charge in [0.05, 0.1) is 15.7 Å². The monoisotopic (exact) mass is 458 g/mol. The first kappa shape index (κ1) is 20.4. The molecule has 0 radical (unpaired) electrons. The summed E-state index contributed by atoms with van der Waals surface area (Å²) in [6.07, 6.45) is 1.33. The fourth-order valence-corrected chi connectivity index (χ4v) is 5.32. The number of non-ortho nitro benzene ring substituents is 1. The van der Waals surface area contributed by atoms with Crippen LogP contribution in [0.4, 0.5) is 5.69 Å². The highest BCUT2D eigenvalue weighted by Gasteiger charge is 2.33. The van der Waals surface area contributed by atoms with Crippen molar-refractivity contribution in [1.82, 2.24) is 14.5 Å². The van der Waals surface area contributed by atoms with Gasteiger partial charge in [0, 0.05) is 30.8 Å². The highest BCUT2D eigenvalue weighted by Crippen LogP contribution is 2.37. The predicted octanol–water partition coefficient (Wildman–Crippen LogP) is 2.94. The van der Waals surface area contributed by atoms with Gasteiger partial charge in [-0.05, 0) is 43.2 Å². The number of hydrogen-bond donors (Lipinski definition) is 0. The molecular formula is C20H18N4O7S. The summed E-state index contributed by atoms with van der Waals surface area (Å²) in [7, 11) is -3.81. The van der Waals surface area contributed by atoms with Gasteiger partial charge in [0.25, 0.3) is 5.69 Å². The zero-order valence-electron chi connectivity index (χ0n) is 16.7. The number of aromatic nitrogens is 2. The van der Waals surface area contributed by atoms with Crippen LogP contribution in [0.25, 0.3) is 11.5 Å². The van der Waals surface area contributed by atoms with E-state index >= 15 is 0 Å². The minimum atomic E-state index is -3.81. The van der Waals surface area contributed by atoms with E-state index in [9.17, 15) is 18.5 Å². The Morgan fingerprint density at radius 3 is 2.62 bits per heavy atom. The van der Waals surface area contributed by atoms with Crippen molar-refractivity contribution in [3.8, 4) is 23.0 Å². The number of benzene rings is 2. The molecule has 2 aliphatic rings. The van der Waals surface area contributed by atoms with E-state index in [4.69, 9.17) is 13.9 Å². The van der Waals surface area contributed by atoms with Crippen LogP contribution in [0.3, 0.4) is 0 Å². The molecule has 1 fully saturated rings. The van der Waals surface area contributed by atoms with Gasteiger partial charge in [-0.25, -0.2) is 8.42 Å². The van der Waals surface area contributed by atoms with Gasteiger partial charge in [0.15, 0.2) is 11.5 Å². The van der Waals surface area contributed by atoms with Crippen molar-refractivity contribution < 1.29 is 27.2 Å². The number of ether oxygens (including phenoxy) is 2. The number of nitro groups is 1. The summed E-state index contributed by atoms with van der Waals surface area (Å²) < 4.78 is 44.0. The molecular weight excluding hydrogens is 440 g/mol. The molecule has 0 spiro atoms. The van der Waals surface area contributed by atoms with Gasteiger partial charge in [0.2, 0.25) is 28.6 Å². The highest BCUT2D eigenvalue weighted by atomic mass is 32.2. The van der Waals surface area contributed by atoms with E-state index in [0.29, 0.717) is 48.2 Å². The molecule has 0 aliphatic carbocycles. The van der Waals surface area contributed by atoms with Gasteiger partial charge in [-0.1, -0.05) is 0 Å². The Morgan fingerprint density at radius 2 is 1.84 bits per heavy atom. The van der Waals surface area contributed by atoms with E-state index in [1.807, 2.05) is 0 Å². The number of hydrogen-bond acceptors (Lipinski definition) is 9. The molecule has 0 amide bonds. The lowest BCUT2D eigenvalue weighted by atomic mass is 10.00. The Balaban J connectivity index is 1.34. The van der Waals surface area contributed by atoms with Crippen molar-refractivity contribution in [1.29, 1.82) is 0 Å². The fourth-order valence-electron chi connectivity index (χ4n) is 3.80. The summed E-state index contributed by atoms with van der Waals surface area (Å²) in [5, 5.41) is 19.1. The second kappa shape index (κ2) is 7.88. The van der Waals surface area contributed by atoms with Gasteiger partial charge in [-0.15, -0.1) is 10.2 Å². The van der Waals surface area contributed by atoms with Gasteiger partial charge < -0.3 is 13.9 Å². The smallest absolute Gasteiger partial charge is 0.269 e. The Hall–Kier alpha value is -3.51. The van der Waals surface area contributed by atoms with E-state index in [0.717, 1.165) is 0 Å². The van der Waals surface area contributed by atoms with E-state index in [1.165, 1.54) is 28.6 Å². The summed E-state index contributed by atoms with van der Waals surface area (Å²) in [6.45, 7) is 0.691. The molecule has 12 heteroatoms. The number of sulfonamides is 1. The SMILES string of the molecule is O=[N+]([O-])c1ccc(S(=O)(=O)N2CCCC(c3nnc(-c4ccc5c(c4)OCO5)o3)C2)cc1. The van der Waals surface area contributed by atoms with Gasteiger partial charge >= 0.3 is 0 Å². The van der Waals surface area contributed by atoms with E-state index in [2.05, 4.69) is 10.2 Å². The molecule has 1 aromatic heterocycles. The van der Waals surface area contributed by atoms with Crippen LogP contribution in [-0.2, 0) is 10.0 Å². The van der Waals surface area contributed by atoms with Gasteiger partial charge in [-0.3, -0.25) is 10.1 Å². The number of nitro benzene ring substituents is 1. The molecule has 5 rings (SSSR count). The van der Waals surface area contributed by atoms with Crippen LogP contribution in [-0.4, -0.2) is 47.7 Å². The highest BCUT2D eigenvalue weighted by molar-refractivity contribution is 7.89. The quantitative estimate of drug-likeness (QED) is 0.417. The first-order valence-electron chi connectivity index (χ1n) is 9.90. The lowest BCUT2D eigenvalue weighted by Gasteiger charge is -2.30. The fraction of sp³-hybridized carbons (Fsp3) is 0.300. The van der Waals surface area contributed by atoms with Gasteiger partial charge in [-0.2, -0.15) is 4.31 Å². The maximum Gasteiger partial charge on any atom is 0.269 e. The Labute approximate surface area is 182 Å². The summed E-state index contributed by atoms with van der Waals surface area (Å²) >= 11 is 0. The zero-order valence-corrected chi connectivity index (χ0v) is 17.5. The molecule has 2 aromatic carbocycles. The van der Waals surface area contributed by atoms with Crippen LogP contribution in [0, 0.1) is 10.1 Å². The van der Waals surface area contributed by atoms with Crippen LogP contribution in [0.5, 0.6) is 11.5 Å². The molecule has 32 heavy (non-hydrogen) atoms. The average Bonchev–Trinajstić information content (AvgIpc) is 3.48. The third-order valence-corrected chi connectivity index (χ3v) is 7.36. The Kier molecular flexibility index (Phi) is 5.02. The van der Waals surface area contributed by atoms with Crippen molar-refractivity contribution in [2.45, 2.75) is 23.7 Å². The lowest BCUT2D eigenvalue weighted by molar-refractivity contribution is -0.384. The molecule has 3 aromatic rings. The van der Waals surface area contributed by atoms with Crippen molar-refractivity contribution in [2.24, 2.45) is 0 Å². The number of piperidine rings is 1. The standard InChI is InChI=1S/C20H18N4O7S/c25-24(26)15-4-6-16(7-5-15)32(27,28)23-9-1-2-14(11-23)20-22-21-19(31-20)13-3-8-17-18(10-13)30-12-29-17/h3-8,10,14H,1-2,9,11-12H2. The van der Waals surface area contributed by atoms with Crippen molar-refractivity contribution in [3.05, 3.63) is 58.5 Å². The van der Waals surface area contributed by atoms with Gasteiger partial charge in [0.1, 0.15) is 0 Å². The Bertz CT molecular complexity index is 1270. The molecule has 0 saturated carbocycles. The number of rotatable bonds is 5. The third-order valence-electron chi connectivity index (χ3n) is 5.48. The summed E-state index contributed by atoms with van der Waals surface area (Å²) in [5.74, 6) is 1.66. The average molecular weight is 458 g/mol. The van der Waals surface area contributed by atoms with Crippen LogP contribution >= 0.6 is 0 Å². The summed E-state index contributed by atoms with van der Waals surface area (Å²) in [4.78, 5) is 10.3.